The van der Waals surface area contributed by atoms with Crippen LogP contribution in [-0.4, -0.2) is 6.54 Å². The summed E-state index contributed by atoms with van der Waals surface area (Å²) < 4.78 is 2.24. The summed E-state index contributed by atoms with van der Waals surface area (Å²) in [5, 5.41) is 3.60. The van der Waals surface area contributed by atoms with Crippen molar-refractivity contribution in [3.05, 3.63) is 68.1 Å². The summed E-state index contributed by atoms with van der Waals surface area (Å²) in [5.74, 6) is 0. The maximum Gasteiger partial charge on any atom is 0.0588 e. The second-order valence-corrected chi connectivity index (χ2v) is 6.92. The van der Waals surface area contributed by atoms with Gasteiger partial charge in [-0.25, -0.2) is 0 Å². The van der Waals surface area contributed by atoms with Crippen molar-refractivity contribution in [3.8, 4) is 0 Å². The minimum Gasteiger partial charge on any atom is -0.306 e. The van der Waals surface area contributed by atoms with Crippen LogP contribution < -0.4 is 5.32 Å². The molecule has 1 N–H and O–H groups in total. The van der Waals surface area contributed by atoms with Gasteiger partial charge in [0.25, 0.3) is 0 Å². The highest BCUT2D eigenvalue weighted by Crippen LogP contribution is 2.31. The molecular formula is C18H21Br2N. The van der Waals surface area contributed by atoms with Gasteiger partial charge in [-0.3, -0.25) is 0 Å². The predicted molar refractivity (Wildman–Crippen MR) is 97.8 cm³/mol. The largest absolute Gasteiger partial charge is 0.306 e. The van der Waals surface area contributed by atoms with Crippen molar-refractivity contribution in [2.24, 2.45) is 0 Å². The van der Waals surface area contributed by atoms with Gasteiger partial charge in [0.05, 0.1) is 6.04 Å². The second-order valence-electron chi connectivity index (χ2n) is 5.15. The van der Waals surface area contributed by atoms with Crippen LogP contribution >= 0.6 is 31.9 Å². The van der Waals surface area contributed by atoms with Gasteiger partial charge in [0.15, 0.2) is 0 Å². The molecule has 0 bridgehead atoms. The lowest BCUT2D eigenvalue weighted by molar-refractivity contribution is 0.627. The zero-order valence-corrected chi connectivity index (χ0v) is 15.7. The van der Waals surface area contributed by atoms with Crippen LogP contribution in [0.4, 0.5) is 0 Å². The molecule has 0 saturated heterocycles. The second kappa shape index (κ2) is 8.11. The summed E-state index contributed by atoms with van der Waals surface area (Å²) in [4.78, 5) is 0. The number of aryl methyl sites for hydroxylation is 1. The SMILES string of the molecule is CCCc1cccc(C(NCC)c2cc(Br)ccc2Br)c1. The third kappa shape index (κ3) is 4.41. The van der Waals surface area contributed by atoms with Crippen molar-refractivity contribution in [1.82, 2.24) is 5.32 Å². The fourth-order valence-corrected chi connectivity index (χ4v) is 3.42. The zero-order chi connectivity index (χ0) is 15.2. The first-order valence-electron chi connectivity index (χ1n) is 7.42. The van der Waals surface area contributed by atoms with Crippen molar-refractivity contribution in [2.75, 3.05) is 6.54 Å². The topological polar surface area (TPSA) is 12.0 Å². The van der Waals surface area contributed by atoms with E-state index < -0.39 is 0 Å². The molecule has 0 spiro atoms. The summed E-state index contributed by atoms with van der Waals surface area (Å²) in [6, 6.07) is 15.5. The van der Waals surface area contributed by atoms with E-state index in [0.29, 0.717) is 0 Å². The van der Waals surface area contributed by atoms with Crippen LogP contribution in [-0.2, 0) is 6.42 Å². The number of hydrogen-bond acceptors (Lipinski definition) is 1. The highest BCUT2D eigenvalue weighted by molar-refractivity contribution is 9.11. The van der Waals surface area contributed by atoms with Crippen LogP contribution in [0.2, 0.25) is 0 Å². The predicted octanol–water partition coefficient (Wildman–Crippen LogP) is 5.86. The van der Waals surface area contributed by atoms with E-state index >= 15 is 0 Å². The Labute approximate surface area is 144 Å². The molecule has 1 nitrogen and oxygen atoms in total. The molecule has 0 amide bonds. The van der Waals surface area contributed by atoms with E-state index in [4.69, 9.17) is 0 Å². The molecule has 112 valence electrons. The van der Waals surface area contributed by atoms with E-state index in [9.17, 15) is 0 Å². The molecule has 1 atom stereocenters. The fraction of sp³-hybridized carbons (Fsp3) is 0.333. The van der Waals surface area contributed by atoms with Gasteiger partial charge in [-0.2, -0.15) is 0 Å². The Morgan fingerprint density at radius 3 is 2.57 bits per heavy atom. The number of hydrogen-bond donors (Lipinski definition) is 1. The summed E-state index contributed by atoms with van der Waals surface area (Å²) in [6.07, 6.45) is 2.31. The van der Waals surface area contributed by atoms with Crippen LogP contribution in [0.5, 0.6) is 0 Å². The van der Waals surface area contributed by atoms with Gasteiger partial charge >= 0.3 is 0 Å². The molecule has 0 aromatic heterocycles. The Kier molecular flexibility index (Phi) is 6.46. The van der Waals surface area contributed by atoms with E-state index in [1.807, 2.05) is 0 Å². The Morgan fingerprint density at radius 1 is 1.05 bits per heavy atom. The average Bonchev–Trinajstić information content (AvgIpc) is 2.48. The van der Waals surface area contributed by atoms with Gasteiger partial charge in [-0.15, -0.1) is 0 Å². The molecule has 2 rings (SSSR count). The summed E-state index contributed by atoms with van der Waals surface area (Å²) >= 11 is 7.27. The molecule has 2 aromatic carbocycles. The zero-order valence-electron chi connectivity index (χ0n) is 12.5. The Morgan fingerprint density at radius 2 is 1.86 bits per heavy atom. The first-order chi connectivity index (χ1) is 10.2. The fourth-order valence-electron chi connectivity index (χ4n) is 2.56. The molecule has 2 aromatic rings. The molecule has 0 heterocycles. The monoisotopic (exact) mass is 409 g/mol. The van der Waals surface area contributed by atoms with Crippen LogP contribution in [0.3, 0.4) is 0 Å². The van der Waals surface area contributed by atoms with E-state index in [1.54, 1.807) is 0 Å². The van der Waals surface area contributed by atoms with Gasteiger partial charge in [0.2, 0.25) is 0 Å². The molecule has 0 aliphatic heterocycles. The lowest BCUT2D eigenvalue weighted by Crippen LogP contribution is -2.22. The molecule has 0 saturated carbocycles. The van der Waals surface area contributed by atoms with Crippen molar-refractivity contribution < 1.29 is 0 Å². The molecule has 21 heavy (non-hydrogen) atoms. The van der Waals surface area contributed by atoms with Crippen LogP contribution in [0.15, 0.2) is 51.4 Å². The van der Waals surface area contributed by atoms with E-state index in [1.165, 1.54) is 23.1 Å². The third-order valence-corrected chi connectivity index (χ3v) is 4.72. The summed E-state index contributed by atoms with van der Waals surface area (Å²) in [7, 11) is 0. The minimum absolute atomic E-state index is 0.207. The standard InChI is InChI=1S/C18H21Br2N/c1-3-6-13-7-5-8-14(11-13)18(21-4-2)16-12-15(19)9-10-17(16)20/h5,7-12,18,21H,3-4,6H2,1-2H3. The van der Waals surface area contributed by atoms with E-state index in [2.05, 4.69) is 93.5 Å². The summed E-state index contributed by atoms with van der Waals surface area (Å²) in [6.45, 7) is 5.30. The van der Waals surface area contributed by atoms with Crippen LogP contribution in [0.1, 0.15) is 43.0 Å². The maximum atomic E-state index is 3.69. The Bertz CT molecular complexity index is 596. The van der Waals surface area contributed by atoms with Gasteiger partial charge < -0.3 is 5.32 Å². The molecule has 0 aliphatic rings. The molecule has 0 fully saturated rings. The first-order valence-corrected chi connectivity index (χ1v) is 9.01. The number of halogens is 2. The van der Waals surface area contributed by atoms with Crippen LogP contribution in [0.25, 0.3) is 0 Å². The van der Waals surface area contributed by atoms with Crippen molar-refractivity contribution in [3.63, 3.8) is 0 Å². The smallest absolute Gasteiger partial charge is 0.0588 e. The summed E-state index contributed by atoms with van der Waals surface area (Å²) in [5.41, 5.74) is 3.99. The molecule has 0 radical (unpaired) electrons. The molecule has 3 heteroatoms. The van der Waals surface area contributed by atoms with Gasteiger partial charge in [-0.1, -0.05) is 76.4 Å². The minimum atomic E-state index is 0.207. The van der Waals surface area contributed by atoms with Crippen molar-refractivity contribution in [1.29, 1.82) is 0 Å². The lowest BCUT2D eigenvalue weighted by atomic mass is 9.96. The van der Waals surface area contributed by atoms with E-state index in [-0.39, 0.29) is 6.04 Å². The maximum absolute atomic E-state index is 3.69. The molecule has 1 unspecified atom stereocenters. The number of rotatable bonds is 6. The quantitative estimate of drug-likeness (QED) is 0.628. The lowest BCUT2D eigenvalue weighted by Gasteiger charge is -2.21. The Hall–Kier alpha value is -0.640. The number of benzene rings is 2. The van der Waals surface area contributed by atoms with Gasteiger partial charge in [0.1, 0.15) is 0 Å². The highest BCUT2D eigenvalue weighted by atomic mass is 79.9. The van der Waals surface area contributed by atoms with Crippen LogP contribution in [0, 0.1) is 0 Å². The van der Waals surface area contributed by atoms with Crippen molar-refractivity contribution in [2.45, 2.75) is 32.7 Å². The highest BCUT2D eigenvalue weighted by Gasteiger charge is 2.16. The van der Waals surface area contributed by atoms with E-state index in [0.717, 1.165) is 21.9 Å². The third-order valence-electron chi connectivity index (χ3n) is 3.50. The Balaban J connectivity index is 2.42. The van der Waals surface area contributed by atoms with Gasteiger partial charge in [-0.05, 0) is 47.9 Å². The molecular weight excluding hydrogens is 390 g/mol. The van der Waals surface area contributed by atoms with Gasteiger partial charge in [0, 0.05) is 8.95 Å². The average molecular weight is 411 g/mol. The number of nitrogens with one attached hydrogen (secondary N) is 1. The first kappa shape index (κ1) is 16.7. The molecule has 0 aliphatic carbocycles. The normalized spacial score (nSPS) is 12.4. The van der Waals surface area contributed by atoms with Crippen molar-refractivity contribution >= 4 is 31.9 Å².